The predicted molar refractivity (Wildman–Crippen MR) is 159 cm³/mol. The summed E-state index contributed by atoms with van der Waals surface area (Å²) in [5.41, 5.74) is 7.57. The monoisotopic (exact) mass is 474 g/mol. The van der Waals surface area contributed by atoms with Crippen molar-refractivity contribution in [2.45, 2.75) is 20.3 Å². The first-order valence-electron chi connectivity index (χ1n) is 12.8. The third-order valence-electron chi connectivity index (χ3n) is 6.98. The lowest BCUT2D eigenvalue weighted by Gasteiger charge is -2.10. The van der Waals surface area contributed by atoms with Crippen LogP contribution in [0.1, 0.15) is 19.2 Å². The SMILES string of the molecule is [B]c1ccc2c(ccc3cc(-c4ccc(-c5nc(C)n(/C=C\CC)c5-c5ccccc5)cc4)ccc32)c1. The minimum atomic E-state index is 0.792. The van der Waals surface area contributed by atoms with Crippen molar-refractivity contribution in [3.8, 4) is 33.6 Å². The summed E-state index contributed by atoms with van der Waals surface area (Å²) in [4.78, 5) is 4.99. The van der Waals surface area contributed by atoms with Crippen LogP contribution in [0, 0.1) is 6.92 Å². The van der Waals surface area contributed by atoms with Crippen LogP contribution in [0.15, 0.2) is 109 Å². The average molecular weight is 474 g/mol. The quantitative estimate of drug-likeness (QED) is 0.182. The van der Waals surface area contributed by atoms with E-state index in [-0.39, 0.29) is 0 Å². The van der Waals surface area contributed by atoms with Gasteiger partial charge in [0.05, 0.1) is 11.4 Å². The van der Waals surface area contributed by atoms with Crippen molar-refractivity contribution in [3.63, 3.8) is 0 Å². The number of hydrogen-bond donors (Lipinski definition) is 0. The number of allylic oxidation sites excluding steroid dienone is 1. The molecular formula is C34H27BN2. The fraction of sp³-hybridized carbons (Fsp3) is 0.0882. The first-order valence-corrected chi connectivity index (χ1v) is 12.8. The molecule has 0 fully saturated rings. The lowest BCUT2D eigenvalue weighted by Crippen LogP contribution is -1.99. The maximum atomic E-state index is 5.99. The molecule has 1 heterocycles. The van der Waals surface area contributed by atoms with Crippen molar-refractivity contribution in [1.82, 2.24) is 9.55 Å². The van der Waals surface area contributed by atoms with Gasteiger partial charge in [0.1, 0.15) is 13.7 Å². The molecule has 37 heavy (non-hydrogen) atoms. The first kappa shape index (κ1) is 23.1. The van der Waals surface area contributed by atoms with Crippen LogP contribution in [0.2, 0.25) is 0 Å². The second-order valence-electron chi connectivity index (χ2n) is 9.44. The molecule has 0 aliphatic carbocycles. The molecule has 0 saturated carbocycles. The molecule has 6 rings (SSSR count). The summed E-state index contributed by atoms with van der Waals surface area (Å²) in [6.45, 7) is 4.22. The predicted octanol–water partition coefficient (Wildman–Crippen LogP) is 8.17. The molecule has 0 amide bonds. The van der Waals surface area contributed by atoms with E-state index in [0.29, 0.717) is 0 Å². The van der Waals surface area contributed by atoms with Gasteiger partial charge in [-0.1, -0.05) is 116 Å². The van der Waals surface area contributed by atoms with E-state index in [0.717, 1.165) is 40.2 Å². The molecule has 6 aromatic rings. The third kappa shape index (κ3) is 4.27. The van der Waals surface area contributed by atoms with Crippen molar-refractivity contribution in [3.05, 3.63) is 115 Å². The maximum Gasteiger partial charge on any atom is 0.113 e. The lowest BCUT2D eigenvalue weighted by atomic mass is 9.91. The number of aryl methyl sites for hydroxylation is 1. The van der Waals surface area contributed by atoms with Gasteiger partial charge in [-0.25, -0.2) is 4.98 Å². The summed E-state index contributed by atoms with van der Waals surface area (Å²) in [7, 11) is 5.99. The third-order valence-corrected chi connectivity index (χ3v) is 6.98. The molecule has 2 radical (unpaired) electrons. The van der Waals surface area contributed by atoms with Gasteiger partial charge >= 0.3 is 0 Å². The van der Waals surface area contributed by atoms with Crippen molar-refractivity contribution in [1.29, 1.82) is 0 Å². The largest absolute Gasteiger partial charge is 0.303 e. The van der Waals surface area contributed by atoms with E-state index in [2.05, 4.69) is 122 Å². The van der Waals surface area contributed by atoms with Gasteiger partial charge in [0, 0.05) is 17.3 Å². The minimum absolute atomic E-state index is 0.792. The van der Waals surface area contributed by atoms with Crippen molar-refractivity contribution in [2.24, 2.45) is 0 Å². The van der Waals surface area contributed by atoms with Gasteiger partial charge < -0.3 is 4.57 Å². The van der Waals surface area contributed by atoms with Crippen LogP contribution < -0.4 is 5.46 Å². The standard InChI is InChI=1S/C34H27BN2/c1-3-4-20-37-23(2)36-33(34(37)26-8-6-5-7-9-26)25-12-10-24(11-13-25)27-16-18-31-28(21-27)14-15-29-22-30(35)17-19-32(29)31/h4-22H,3H2,1-2H3/b20-4-. The summed E-state index contributed by atoms with van der Waals surface area (Å²) in [6, 6.07) is 36.4. The topological polar surface area (TPSA) is 17.8 Å². The van der Waals surface area contributed by atoms with Crippen LogP contribution in [-0.2, 0) is 0 Å². The molecule has 0 bridgehead atoms. The normalized spacial score (nSPS) is 11.6. The summed E-state index contributed by atoms with van der Waals surface area (Å²) < 4.78 is 2.20. The number of rotatable bonds is 5. The molecule has 0 unspecified atom stereocenters. The molecule has 3 heteroatoms. The molecule has 0 spiro atoms. The fourth-order valence-electron chi connectivity index (χ4n) is 5.10. The second-order valence-corrected chi connectivity index (χ2v) is 9.44. The number of aromatic nitrogens is 2. The van der Waals surface area contributed by atoms with Gasteiger partial charge in [-0.05, 0) is 52.1 Å². The summed E-state index contributed by atoms with van der Waals surface area (Å²) in [6.07, 6.45) is 5.28. The van der Waals surface area contributed by atoms with Crippen LogP contribution in [0.5, 0.6) is 0 Å². The summed E-state index contributed by atoms with van der Waals surface area (Å²) >= 11 is 0. The van der Waals surface area contributed by atoms with Gasteiger partial charge in [0.2, 0.25) is 0 Å². The summed E-state index contributed by atoms with van der Waals surface area (Å²) in [5.74, 6) is 0.978. The Labute approximate surface area is 219 Å². The van der Waals surface area contributed by atoms with Gasteiger partial charge in [0.25, 0.3) is 0 Å². The number of fused-ring (bicyclic) bond motifs is 3. The van der Waals surface area contributed by atoms with Crippen molar-refractivity contribution in [2.75, 3.05) is 0 Å². The Balaban J connectivity index is 1.41. The van der Waals surface area contributed by atoms with Gasteiger partial charge in [-0.2, -0.15) is 0 Å². The molecule has 0 atom stereocenters. The van der Waals surface area contributed by atoms with E-state index in [1.807, 2.05) is 12.1 Å². The van der Waals surface area contributed by atoms with E-state index < -0.39 is 0 Å². The molecule has 5 aromatic carbocycles. The molecule has 1 aromatic heterocycles. The van der Waals surface area contributed by atoms with Gasteiger partial charge in [-0.3, -0.25) is 0 Å². The van der Waals surface area contributed by atoms with Crippen molar-refractivity contribution < 1.29 is 0 Å². The minimum Gasteiger partial charge on any atom is -0.303 e. The van der Waals surface area contributed by atoms with Crippen LogP contribution in [0.3, 0.4) is 0 Å². The van der Waals surface area contributed by atoms with E-state index in [9.17, 15) is 0 Å². The number of benzene rings is 5. The highest BCUT2D eigenvalue weighted by atomic mass is 15.1. The van der Waals surface area contributed by atoms with Crippen LogP contribution in [-0.4, -0.2) is 17.4 Å². The Kier molecular flexibility index (Phi) is 5.98. The van der Waals surface area contributed by atoms with Crippen LogP contribution in [0.4, 0.5) is 0 Å². The molecule has 0 aliphatic rings. The summed E-state index contributed by atoms with van der Waals surface area (Å²) in [5, 5.41) is 4.86. The smallest absolute Gasteiger partial charge is 0.113 e. The zero-order chi connectivity index (χ0) is 25.4. The Hall–Kier alpha value is -4.37. The zero-order valence-corrected chi connectivity index (χ0v) is 21.1. The van der Waals surface area contributed by atoms with E-state index in [1.165, 1.54) is 32.7 Å². The Morgan fingerprint density at radius 3 is 2.08 bits per heavy atom. The van der Waals surface area contributed by atoms with Gasteiger partial charge in [0.15, 0.2) is 0 Å². The first-order chi connectivity index (χ1) is 18.1. The Morgan fingerprint density at radius 1 is 0.703 bits per heavy atom. The molecular weight excluding hydrogens is 447 g/mol. The Morgan fingerprint density at radius 2 is 1.35 bits per heavy atom. The number of hydrogen-bond acceptors (Lipinski definition) is 1. The number of imidazole rings is 1. The maximum absolute atomic E-state index is 5.99. The molecule has 0 saturated heterocycles. The molecule has 2 nitrogen and oxygen atoms in total. The highest BCUT2D eigenvalue weighted by Crippen LogP contribution is 2.35. The molecule has 0 N–H and O–H groups in total. The van der Waals surface area contributed by atoms with E-state index in [1.54, 1.807) is 0 Å². The van der Waals surface area contributed by atoms with E-state index in [4.69, 9.17) is 12.8 Å². The average Bonchev–Trinajstić information content (AvgIpc) is 3.27. The van der Waals surface area contributed by atoms with Gasteiger partial charge in [-0.15, -0.1) is 0 Å². The van der Waals surface area contributed by atoms with Crippen LogP contribution in [0.25, 0.3) is 61.4 Å². The zero-order valence-electron chi connectivity index (χ0n) is 21.1. The molecule has 176 valence electrons. The second kappa shape index (κ2) is 9.59. The Bertz CT molecular complexity index is 1760. The van der Waals surface area contributed by atoms with Crippen LogP contribution >= 0.6 is 0 Å². The highest BCUT2D eigenvalue weighted by Gasteiger charge is 2.17. The fourth-order valence-corrected chi connectivity index (χ4v) is 5.10. The lowest BCUT2D eigenvalue weighted by molar-refractivity contribution is 1.03. The van der Waals surface area contributed by atoms with Crippen molar-refractivity contribution >= 4 is 41.1 Å². The number of nitrogens with zero attached hydrogens (tertiary/aromatic N) is 2. The highest BCUT2D eigenvalue weighted by molar-refractivity contribution is 6.33. The van der Waals surface area contributed by atoms with E-state index >= 15 is 0 Å². The molecule has 0 aliphatic heterocycles.